The standard InChI is InChI=1S/C20H23FN2O3/c1-11-7-17-15(9-14(11)21)22-10-18(26-17)19(25)23-12-5-6-13(16(24)8-12)20(2,3)4/h5-9,18,22,24H,10H2,1-4H3,(H,23,25). The Bertz CT molecular complexity index is 859. The third-order valence-corrected chi connectivity index (χ3v) is 4.37. The number of ether oxygens (including phenoxy) is 1. The Morgan fingerprint density at radius 2 is 2.04 bits per heavy atom. The van der Waals surface area contributed by atoms with Gasteiger partial charge in [-0.25, -0.2) is 4.39 Å². The minimum absolute atomic E-state index is 0.134. The van der Waals surface area contributed by atoms with Crippen LogP contribution in [0.4, 0.5) is 15.8 Å². The number of nitrogens with one attached hydrogen (secondary N) is 2. The van der Waals surface area contributed by atoms with Gasteiger partial charge in [0.2, 0.25) is 0 Å². The van der Waals surface area contributed by atoms with E-state index in [4.69, 9.17) is 4.74 Å². The average Bonchev–Trinajstić information content (AvgIpc) is 2.54. The zero-order chi connectivity index (χ0) is 19.1. The summed E-state index contributed by atoms with van der Waals surface area (Å²) in [6.45, 7) is 7.88. The largest absolute Gasteiger partial charge is 0.508 e. The molecule has 0 aromatic heterocycles. The van der Waals surface area contributed by atoms with Crippen molar-refractivity contribution >= 4 is 17.3 Å². The van der Waals surface area contributed by atoms with Crippen LogP contribution in [0, 0.1) is 12.7 Å². The van der Waals surface area contributed by atoms with Crippen LogP contribution in [0.2, 0.25) is 0 Å². The maximum Gasteiger partial charge on any atom is 0.267 e. The summed E-state index contributed by atoms with van der Waals surface area (Å²) in [4.78, 5) is 12.5. The van der Waals surface area contributed by atoms with E-state index in [1.165, 1.54) is 12.1 Å². The number of carbonyl (C=O) groups excluding carboxylic acids is 1. The summed E-state index contributed by atoms with van der Waals surface area (Å²) < 4.78 is 19.3. The molecule has 26 heavy (non-hydrogen) atoms. The van der Waals surface area contributed by atoms with E-state index in [1.54, 1.807) is 25.1 Å². The third kappa shape index (κ3) is 3.59. The summed E-state index contributed by atoms with van der Waals surface area (Å²) in [6.07, 6.45) is -0.753. The minimum atomic E-state index is -0.753. The van der Waals surface area contributed by atoms with Gasteiger partial charge in [-0.05, 0) is 35.6 Å². The first-order chi connectivity index (χ1) is 12.1. The first-order valence-corrected chi connectivity index (χ1v) is 8.50. The fourth-order valence-electron chi connectivity index (χ4n) is 2.90. The van der Waals surface area contributed by atoms with Crippen LogP contribution in [0.15, 0.2) is 30.3 Å². The third-order valence-electron chi connectivity index (χ3n) is 4.37. The van der Waals surface area contributed by atoms with Gasteiger partial charge in [-0.15, -0.1) is 0 Å². The molecule has 0 radical (unpaired) electrons. The lowest BCUT2D eigenvalue weighted by atomic mass is 9.86. The number of amides is 1. The predicted octanol–water partition coefficient (Wildman–Crippen LogP) is 3.95. The molecule has 6 heteroatoms. The number of halogens is 1. The first kappa shape index (κ1) is 18.0. The van der Waals surface area contributed by atoms with Crippen LogP contribution in [0.3, 0.4) is 0 Å². The molecule has 1 aliphatic rings. The fraction of sp³-hybridized carbons (Fsp3) is 0.350. The van der Waals surface area contributed by atoms with Crippen molar-refractivity contribution in [1.82, 2.24) is 0 Å². The molecule has 3 rings (SSSR count). The van der Waals surface area contributed by atoms with Crippen molar-refractivity contribution in [3.63, 3.8) is 0 Å². The Morgan fingerprint density at radius 3 is 2.69 bits per heavy atom. The lowest BCUT2D eigenvalue weighted by molar-refractivity contribution is -0.122. The van der Waals surface area contributed by atoms with Crippen LogP contribution >= 0.6 is 0 Å². The highest BCUT2D eigenvalue weighted by molar-refractivity contribution is 5.95. The van der Waals surface area contributed by atoms with E-state index in [1.807, 2.05) is 20.8 Å². The average molecular weight is 358 g/mol. The summed E-state index contributed by atoms with van der Waals surface area (Å²) >= 11 is 0. The number of phenolic OH excluding ortho intramolecular Hbond substituents is 1. The number of phenols is 1. The maximum atomic E-state index is 13.6. The molecule has 2 aromatic rings. The van der Waals surface area contributed by atoms with Crippen LogP contribution < -0.4 is 15.4 Å². The highest BCUT2D eigenvalue weighted by Crippen LogP contribution is 2.34. The van der Waals surface area contributed by atoms with Crippen molar-refractivity contribution in [2.45, 2.75) is 39.2 Å². The molecule has 138 valence electrons. The Balaban J connectivity index is 1.73. The molecular weight excluding hydrogens is 335 g/mol. The van der Waals surface area contributed by atoms with E-state index in [9.17, 15) is 14.3 Å². The molecular formula is C20H23FN2O3. The van der Waals surface area contributed by atoms with Crippen LogP contribution in [-0.4, -0.2) is 23.7 Å². The second kappa shape index (κ2) is 6.52. The second-order valence-electron chi connectivity index (χ2n) is 7.56. The predicted molar refractivity (Wildman–Crippen MR) is 99.5 cm³/mol. The number of aryl methyl sites for hydroxylation is 1. The van der Waals surface area contributed by atoms with Crippen molar-refractivity contribution in [3.05, 3.63) is 47.3 Å². The molecule has 0 bridgehead atoms. The normalized spacial score (nSPS) is 16.3. The fourth-order valence-corrected chi connectivity index (χ4v) is 2.90. The van der Waals surface area contributed by atoms with Gasteiger partial charge < -0.3 is 20.5 Å². The molecule has 2 aromatic carbocycles. The van der Waals surface area contributed by atoms with Gasteiger partial charge in [-0.1, -0.05) is 26.8 Å². The number of fused-ring (bicyclic) bond motifs is 1. The Morgan fingerprint density at radius 1 is 1.31 bits per heavy atom. The van der Waals surface area contributed by atoms with Crippen molar-refractivity contribution in [2.75, 3.05) is 17.2 Å². The summed E-state index contributed by atoms with van der Waals surface area (Å²) in [6, 6.07) is 8.01. The zero-order valence-corrected chi connectivity index (χ0v) is 15.3. The van der Waals surface area contributed by atoms with Crippen LogP contribution in [0.1, 0.15) is 31.9 Å². The number of carbonyl (C=O) groups is 1. The van der Waals surface area contributed by atoms with Crippen LogP contribution in [0.5, 0.6) is 11.5 Å². The van der Waals surface area contributed by atoms with Crippen LogP contribution in [-0.2, 0) is 10.2 Å². The number of benzene rings is 2. The SMILES string of the molecule is Cc1cc2c(cc1F)NCC(C(=O)Nc1ccc(C(C)(C)C)c(O)c1)O2. The van der Waals surface area contributed by atoms with E-state index >= 15 is 0 Å². The lowest BCUT2D eigenvalue weighted by Gasteiger charge is -2.27. The molecule has 3 N–H and O–H groups in total. The Labute approximate surface area is 152 Å². The molecule has 0 saturated heterocycles. The van der Waals surface area contributed by atoms with Crippen molar-refractivity contribution in [3.8, 4) is 11.5 Å². The number of anilines is 2. The molecule has 1 amide bonds. The van der Waals surface area contributed by atoms with Gasteiger partial charge >= 0.3 is 0 Å². The first-order valence-electron chi connectivity index (χ1n) is 8.50. The number of hydrogen-bond acceptors (Lipinski definition) is 4. The van der Waals surface area contributed by atoms with Crippen molar-refractivity contribution in [1.29, 1.82) is 0 Å². The molecule has 1 atom stereocenters. The minimum Gasteiger partial charge on any atom is -0.508 e. The Hall–Kier alpha value is -2.76. The number of aromatic hydroxyl groups is 1. The monoisotopic (exact) mass is 358 g/mol. The van der Waals surface area contributed by atoms with Gasteiger partial charge in [-0.2, -0.15) is 0 Å². The molecule has 5 nitrogen and oxygen atoms in total. The van der Waals surface area contributed by atoms with Gasteiger partial charge in [0, 0.05) is 17.8 Å². The molecule has 1 heterocycles. The van der Waals surface area contributed by atoms with E-state index in [0.717, 1.165) is 5.56 Å². The smallest absolute Gasteiger partial charge is 0.267 e. The van der Waals surface area contributed by atoms with Gasteiger partial charge in [-0.3, -0.25) is 4.79 Å². The quantitative estimate of drug-likeness (QED) is 0.760. The highest BCUT2D eigenvalue weighted by atomic mass is 19.1. The Kier molecular flexibility index (Phi) is 4.52. The number of hydrogen-bond donors (Lipinski definition) is 3. The van der Waals surface area contributed by atoms with Crippen molar-refractivity contribution < 1.29 is 19.0 Å². The maximum absolute atomic E-state index is 13.6. The molecule has 0 saturated carbocycles. The summed E-state index contributed by atoms with van der Waals surface area (Å²) in [7, 11) is 0. The van der Waals surface area contributed by atoms with E-state index in [-0.39, 0.29) is 29.4 Å². The topological polar surface area (TPSA) is 70.6 Å². The van der Waals surface area contributed by atoms with E-state index < -0.39 is 6.10 Å². The van der Waals surface area contributed by atoms with Gasteiger partial charge in [0.05, 0.1) is 12.2 Å². The molecule has 0 fully saturated rings. The van der Waals surface area contributed by atoms with E-state index in [2.05, 4.69) is 10.6 Å². The molecule has 0 spiro atoms. The van der Waals surface area contributed by atoms with Crippen molar-refractivity contribution in [2.24, 2.45) is 0 Å². The van der Waals surface area contributed by atoms with E-state index in [0.29, 0.717) is 22.7 Å². The van der Waals surface area contributed by atoms with Gasteiger partial charge in [0.15, 0.2) is 6.10 Å². The van der Waals surface area contributed by atoms with Gasteiger partial charge in [0.1, 0.15) is 17.3 Å². The lowest BCUT2D eigenvalue weighted by Crippen LogP contribution is -2.41. The molecule has 1 unspecified atom stereocenters. The summed E-state index contributed by atoms with van der Waals surface area (Å²) in [5.74, 6) is -0.0825. The van der Waals surface area contributed by atoms with Crippen LogP contribution in [0.25, 0.3) is 0 Å². The zero-order valence-electron chi connectivity index (χ0n) is 15.3. The molecule has 0 aliphatic carbocycles. The highest BCUT2D eigenvalue weighted by Gasteiger charge is 2.27. The summed E-state index contributed by atoms with van der Waals surface area (Å²) in [5.41, 5.74) is 2.08. The number of rotatable bonds is 2. The summed E-state index contributed by atoms with van der Waals surface area (Å²) in [5, 5.41) is 16.0. The second-order valence-corrected chi connectivity index (χ2v) is 7.56. The van der Waals surface area contributed by atoms with Gasteiger partial charge in [0.25, 0.3) is 5.91 Å². The molecule has 1 aliphatic heterocycles.